The molecule has 1 aliphatic rings. The number of hydrogen-bond donors (Lipinski definition) is 1. The van der Waals surface area contributed by atoms with Crippen molar-refractivity contribution in [3.8, 4) is 5.75 Å². The summed E-state index contributed by atoms with van der Waals surface area (Å²) in [6, 6.07) is 3.38. The fourth-order valence-electron chi connectivity index (χ4n) is 1.76. The summed E-state index contributed by atoms with van der Waals surface area (Å²) in [4.78, 5) is 13.5. The number of aryl methyl sites for hydroxylation is 1. The van der Waals surface area contributed by atoms with Gasteiger partial charge in [0.2, 0.25) is 0 Å². The second kappa shape index (κ2) is 6.37. The second-order valence-electron chi connectivity index (χ2n) is 4.83. The number of ether oxygens (including phenoxy) is 1. The van der Waals surface area contributed by atoms with Crippen LogP contribution in [0.3, 0.4) is 0 Å². The van der Waals surface area contributed by atoms with Crippen molar-refractivity contribution in [3.63, 3.8) is 0 Å². The molecule has 0 aliphatic carbocycles. The van der Waals surface area contributed by atoms with Crippen LogP contribution >= 0.6 is 23.2 Å². The molecule has 2 rings (SSSR count). The minimum absolute atomic E-state index is 0.138. The lowest BCUT2D eigenvalue weighted by molar-refractivity contribution is -0.116. The molecule has 0 saturated heterocycles. The van der Waals surface area contributed by atoms with Crippen LogP contribution < -0.4 is 10.2 Å². The van der Waals surface area contributed by atoms with Crippen molar-refractivity contribution >= 4 is 34.8 Å². The monoisotopic (exact) mass is 327 g/mol. The molecular weight excluding hydrogens is 313 g/mol. The summed E-state index contributed by atoms with van der Waals surface area (Å²) in [5.74, 6) is 0.255. The Morgan fingerprint density at radius 2 is 2.05 bits per heavy atom. The van der Waals surface area contributed by atoms with E-state index < -0.39 is 0 Å². The highest BCUT2D eigenvalue weighted by Gasteiger charge is 2.23. The van der Waals surface area contributed by atoms with Crippen molar-refractivity contribution in [1.82, 2.24) is 10.3 Å². The fourth-order valence-corrected chi connectivity index (χ4v) is 2.20. The first-order valence-electron chi connectivity index (χ1n) is 6.22. The van der Waals surface area contributed by atoms with E-state index in [1.807, 2.05) is 21.0 Å². The molecule has 0 bridgehead atoms. The highest BCUT2D eigenvalue weighted by Crippen LogP contribution is 2.30. The SMILES string of the molecule is Cc1cc(OCC2=NNC(=O)/C2=C/N(C)C)c(Cl)cc1Cl. The van der Waals surface area contributed by atoms with E-state index in [4.69, 9.17) is 27.9 Å². The van der Waals surface area contributed by atoms with Gasteiger partial charge in [0.25, 0.3) is 5.91 Å². The molecule has 0 saturated carbocycles. The van der Waals surface area contributed by atoms with Crippen molar-refractivity contribution in [2.45, 2.75) is 6.92 Å². The van der Waals surface area contributed by atoms with Crippen molar-refractivity contribution in [2.24, 2.45) is 5.10 Å². The van der Waals surface area contributed by atoms with Crippen LogP contribution in [0.4, 0.5) is 0 Å². The summed E-state index contributed by atoms with van der Waals surface area (Å²) in [6.07, 6.45) is 1.69. The summed E-state index contributed by atoms with van der Waals surface area (Å²) in [5.41, 5.74) is 4.28. The van der Waals surface area contributed by atoms with Gasteiger partial charge in [0.1, 0.15) is 18.1 Å². The van der Waals surface area contributed by atoms with Crippen LogP contribution in [0.5, 0.6) is 5.75 Å². The standard InChI is InChI=1S/C14H15Cl2N3O2/c1-8-4-13(11(16)5-10(8)15)21-7-12-9(6-19(2)3)14(20)18-17-12/h4-6H,7H2,1-3H3,(H,18,20)/b9-6+. The van der Waals surface area contributed by atoms with E-state index in [9.17, 15) is 4.79 Å². The number of nitrogens with one attached hydrogen (secondary N) is 1. The molecule has 0 fully saturated rings. The van der Waals surface area contributed by atoms with E-state index in [-0.39, 0.29) is 12.5 Å². The predicted molar refractivity (Wildman–Crippen MR) is 84.0 cm³/mol. The summed E-state index contributed by atoms with van der Waals surface area (Å²) >= 11 is 12.1. The molecule has 21 heavy (non-hydrogen) atoms. The van der Waals surface area contributed by atoms with Gasteiger partial charge in [-0.1, -0.05) is 23.2 Å². The highest BCUT2D eigenvalue weighted by atomic mass is 35.5. The quantitative estimate of drug-likeness (QED) is 0.865. The molecule has 0 unspecified atom stereocenters. The summed E-state index contributed by atoms with van der Waals surface area (Å²) in [5, 5.41) is 4.96. The highest BCUT2D eigenvalue weighted by molar-refractivity contribution is 6.36. The molecule has 112 valence electrons. The zero-order valence-corrected chi connectivity index (χ0v) is 13.4. The Labute approximate surface area is 133 Å². The van der Waals surface area contributed by atoms with Crippen LogP contribution in [0.2, 0.25) is 10.0 Å². The van der Waals surface area contributed by atoms with Crippen molar-refractivity contribution in [2.75, 3.05) is 20.7 Å². The van der Waals surface area contributed by atoms with Crippen LogP contribution in [0.25, 0.3) is 0 Å². The number of carbonyl (C=O) groups excluding carboxylic acids is 1. The van der Waals surface area contributed by atoms with Crippen LogP contribution in [0.1, 0.15) is 5.56 Å². The average molecular weight is 328 g/mol. The lowest BCUT2D eigenvalue weighted by Crippen LogP contribution is -2.19. The molecular formula is C14H15Cl2N3O2. The second-order valence-corrected chi connectivity index (χ2v) is 5.64. The minimum atomic E-state index is -0.249. The first kappa shape index (κ1) is 15.7. The van der Waals surface area contributed by atoms with Crippen LogP contribution in [0, 0.1) is 6.92 Å². The molecule has 1 aliphatic heterocycles. The van der Waals surface area contributed by atoms with Gasteiger partial charge in [-0.25, -0.2) is 5.43 Å². The number of carbonyl (C=O) groups is 1. The third-order valence-corrected chi connectivity index (χ3v) is 3.52. The van der Waals surface area contributed by atoms with Gasteiger partial charge in [0, 0.05) is 25.3 Å². The maximum atomic E-state index is 11.7. The normalized spacial score (nSPS) is 16.0. The number of nitrogens with zero attached hydrogens (tertiary/aromatic N) is 2. The number of halogens is 2. The van der Waals surface area contributed by atoms with E-state index in [0.29, 0.717) is 27.1 Å². The van der Waals surface area contributed by atoms with Crippen LogP contribution in [0.15, 0.2) is 29.0 Å². The van der Waals surface area contributed by atoms with Gasteiger partial charge in [-0.05, 0) is 24.6 Å². The van der Waals surface area contributed by atoms with Gasteiger partial charge in [-0.2, -0.15) is 5.10 Å². The Morgan fingerprint density at radius 1 is 1.33 bits per heavy atom. The van der Waals surface area contributed by atoms with E-state index in [1.165, 1.54) is 0 Å². The van der Waals surface area contributed by atoms with Gasteiger partial charge in [-0.3, -0.25) is 4.79 Å². The number of hydrazone groups is 1. The summed E-state index contributed by atoms with van der Waals surface area (Å²) in [6.45, 7) is 2.00. The molecule has 1 aromatic carbocycles. The van der Waals surface area contributed by atoms with Crippen LogP contribution in [-0.2, 0) is 4.79 Å². The fraction of sp³-hybridized carbons (Fsp3) is 0.286. The molecule has 0 atom stereocenters. The van der Waals surface area contributed by atoms with E-state index >= 15 is 0 Å². The van der Waals surface area contributed by atoms with E-state index in [0.717, 1.165) is 5.56 Å². The van der Waals surface area contributed by atoms with Gasteiger partial charge in [0.15, 0.2) is 0 Å². The first-order chi connectivity index (χ1) is 9.88. The number of rotatable bonds is 4. The maximum Gasteiger partial charge on any atom is 0.274 e. The third-order valence-electron chi connectivity index (χ3n) is 2.81. The lowest BCUT2D eigenvalue weighted by atomic mass is 10.2. The van der Waals surface area contributed by atoms with Crippen LogP contribution in [-0.4, -0.2) is 37.2 Å². The first-order valence-corrected chi connectivity index (χ1v) is 6.98. The molecule has 5 nitrogen and oxygen atoms in total. The minimum Gasteiger partial charge on any atom is -0.486 e. The lowest BCUT2D eigenvalue weighted by Gasteiger charge is -2.11. The van der Waals surface area contributed by atoms with E-state index in [2.05, 4.69) is 10.5 Å². The zero-order valence-electron chi connectivity index (χ0n) is 11.9. The van der Waals surface area contributed by atoms with Gasteiger partial charge in [0.05, 0.1) is 10.6 Å². The zero-order chi connectivity index (χ0) is 15.6. The Morgan fingerprint density at radius 3 is 2.71 bits per heavy atom. The Balaban J connectivity index is 2.13. The molecule has 1 heterocycles. The molecule has 0 radical (unpaired) electrons. The van der Waals surface area contributed by atoms with Gasteiger partial charge in [-0.15, -0.1) is 0 Å². The third kappa shape index (κ3) is 3.68. The molecule has 0 spiro atoms. The molecule has 0 aromatic heterocycles. The largest absolute Gasteiger partial charge is 0.486 e. The molecule has 1 aromatic rings. The van der Waals surface area contributed by atoms with Crippen molar-refractivity contribution < 1.29 is 9.53 Å². The topological polar surface area (TPSA) is 53.9 Å². The van der Waals surface area contributed by atoms with Crippen molar-refractivity contribution in [3.05, 3.63) is 39.5 Å². The van der Waals surface area contributed by atoms with Crippen molar-refractivity contribution in [1.29, 1.82) is 0 Å². The summed E-state index contributed by atoms with van der Waals surface area (Å²) < 4.78 is 5.64. The van der Waals surface area contributed by atoms with Gasteiger partial charge >= 0.3 is 0 Å². The number of amides is 1. The predicted octanol–water partition coefficient (Wildman–Crippen LogP) is 2.61. The number of hydrogen-bond acceptors (Lipinski definition) is 4. The van der Waals surface area contributed by atoms with E-state index in [1.54, 1.807) is 23.2 Å². The maximum absolute atomic E-state index is 11.7. The Hall–Kier alpha value is -1.72. The molecule has 7 heteroatoms. The van der Waals surface area contributed by atoms with Gasteiger partial charge < -0.3 is 9.64 Å². The molecule has 1 N–H and O–H groups in total. The Bertz CT molecular complexity index is 639. The molecule has 1 amide bonds. The summed E-state index contributed by atoms with van der Waals surface area (Å²) in [7, 11) is 3.66. The smallest absolute Gasteiger partial charge is 0.274 e. The Kier molecular flexibility index (Phi) is 4.75. The average Bonchev–Trinajstić information content (AvgIpc) is 2.73. The number of benzene rings is 1.